The quantitative estimate of drug-likeness (QED) is 0.939. The zero-order valence-corrected chi connectivity index (χ0v) is 11.5. The number of halogens is 1. The fraction of sp³-hybridized carbons (Fsp3) is 0.250. The van der Waals surface area contributed by atoms with Gasteiger partial charge >= 0.3 is 0 Å². The first-order chi connectivity index (χ1) is 8.72. The first-order valence-corrected chi connectivity index (χ1v) is 6.26. The Morgan fingerprint density at radius 2 is 2.33 bits per heavy atom. The molecule has 0 aromatic carbocycles. The molecule has 0 saturated carbocycles. The van der Waals surface area contributed by atoms with Crippen molar-refractivity contribution in [2.45, 2.75) is 6.42 Å². The van der Waals surface area contributed by atoms with Crippen molar-refractivity contribution in [1.82, 2.24) is 14.5 Å². The summed E-state index contributed by atoms with van der Waals surface area (Å²) in [6.45, 7) is 0.682. The molecular weight excluding hydrogens is 294 g/mol. The van der Waals surface area contributed by atoms with Crippen LogP contribution in [0.4, 0.5) is 5.82 Å². The molecule has 6 heteroatoms. The molecule has 0 bridgehead atoms. The van der Waals surface area contributed by atoms with E-state index in [0.29, 0.717) is 17.9 Å². The minimum atomic E-state index is 0.553. The minimum Gasteiger partial charge on any atom is -0.369 e. The van der Waals surface area contributed by atoms with Gasteiger partial charge in [-0.25, -0.2) is 9.97 Å². The number of hydrogen-bond acceptors (Lipinski definition) is 4. The molecular formula is C12H12BrN5. The molecule has 0 fully saturated rings. The second-order valence-electron chi connectivity index (χ2n) is 3.78. The minimum absolute atomic E-state index is 0.553. The summed E-state index contributed by atoms with van der Waals surface area (Å²) in [5.41, 5.74) is 1.54. The van der Waals surface area contributed by atoms with Crippen molar-refractivity contribution in [3.05, 3.63) is 40.5 Å². The fourth-order valence-corrected chi connectivity index (χ4v) is 1.96. The average Bonchev–Trinajstić information content (AvgIpc) is 2.71. The van der Waals surface area contributed by atoms with E-state index < -0.39 is 0 Å². The van der Waals surface area contributed by atoms with E-state index in [9.17, 15) is 0 Å². The van der Waals surface area contributed by atoms with Crippen molar-refractivity contribution in [3.63, 3.8) is 0 Å². The molecule has 0 unspecified atom stereocenters. The van der Waals surface area contributed by atoms with Gasteiger partial charge < -0.3 is 9.88 Å². The maximum Gasteiger partial charge on any atom is 0.143 e. The van der Waals surface area contributed by atoms with E-state index in [1.807, 2.05) is 11.6 Å². The van der Waals surface area contributed by atoms with Gasteiger partial charge in [0.1, 0.15) is 16.5 Å². The van der Waals surface area contributed by atoms with Crippen LogP contribution in [-0.2, 0) is 13.5 Å². The lowest BCUT2D eigenvalue weighted by Crippen LogP contribution is -2.08. The van der Waals surface area contributed by atoms with Crippen LogP contribution in [-0.4, -0.2) is 21.1 Å². The number of aromatic nitrogens is 3. The summed E-state index contributed by atoms with van der Waals surface area (Å²) in [6.07, 6.45) is 4.20. The summed E-state index contributed by atoms with van der Waals surface area (Å²) in [6, 6.07) is 5.60. The predicted octanol–water partition coefficient (Wildman–Crippen LogP) is 2.10. The second kappa shape index (κ2) is 5.65. The number of nitrogens with zero attached hydrogens (tertiary/aromatic N) is 4. The highest BCUT2D eigenvalue weighted by Gasteiger charge is 2.06. The number of rotatable bonds is 4. The topological polar surface area (TPSA) is 66.5 Å². The van der Waals surface area contributed by atoms with Crippen molar-refractivity contribution in [2.24, 2.45) is 7.05 Å². The predicted molar refractivity (Wildman–Crippen MR) is 72.1 cm³/mol. The Bertz CT molecular complexity index is 584. The summed E-state index contributed by atoms with van der Waals surface area (Å²) < 4.78 is 2.89. The zero-order chi connectivity index (χ0) is 13.0. The summed E-state index contributed by atoms with van der Waals surface area (Å²) in [4.78, 5) is 8.42. The molecule has 2 rings (SSSR count). The Kier molecular flexibility index (Phi) is 3.95. The highest BCUT2D eigenvalue weighted by Crippen LogP contribution is 2.15. The molecule has 18 heavy (non-hydrogen) atoms. The molecule has 2 aromatic heterocycles. The van der Waals surface area contributed by atoms with E-state index in [0.717, 1.165) is 16.7 Å². The standard InChI is InChI=1S/C12H12BrN5/c1-18-8-17-10(11(18)13)4-6-16-12-9(7-14)3-2-5-15-12/h2-3,5,8H,4,6H2,1H3,(H,15,16). The average molecular weight is 306 g/mol. The van der Waals surface area contributed by atoms with Crippen molar-refractivity contribution in [2.75, 3.05) is 11.9 Å². The van der Waals surface area contributed by atoms with Gasteiger partial charge in [-0.3, -0.25) is 0 Å². The molecule has 0 aliphatic rings. The fourth-order valence-electron chi connectivity index (χ4n) is 1.57. The Labute approximate surface area is 114 Å². The summed E-state index contributed by atoms with van der Waals surface area (Å²) in [7, 11) is 1.93. The maximum absolute atomic E-state index is 8.93. The van der Waals surface area contributed by atoms with Gasteiger partial charge in [-0.05, 0) is 28.1 Å². The highest BCUT2D eigenvalue weighted by atomic mass is 79.9. The van der Waals surface area contributed by atoms with Gasteiger partial charge in [0, 0.05) is 26.2 Å². The normalized spacial score (nSPS) is 10.1. The molecule has 2 aromatic rings. The molecule has 0 aliphatic carbocycles. The molecule has 0 spiro atoms. The number of hydrogen-bond donors (Lipinski definition) is 1. The van der Waals surface area contributed by atoms with Gasteiger partial charge in [0.05, 0.1) is 17.6 Å². The van der Waals surface area contributed by atoms with E-state index in [-0.39, 0.29) is 0 Å². The first-order valence-electron chi connectivity index (χ1n) is 5.47. The number of nitriles is 1. The van der Waals surface area contributed by atoms with E-state index in [2.05, 4.69) is 37.3 Å². The van der Waals surface area contributed by atoms with Crippen molar-refractivity contribution < 1.29 is 0 Å². The number of imidazole rings is 1. The lowest BCUT2D eigenvalue weighted by Gasteiger charge is -2.05. The van der Waals surface area contributed by atoms with Gasteiger partial charge in [-0.15, -0.1) is 0 Å². The van der Waals surface area contributed by atoms with Crippen LogP contribution in [0.15, 0.2) is 29.3 Å². The maximum atomic E-state index is 8.93. The van der Waals surface area contributed by atoms with Gasteiger partial charge in [0.25, 0.3) is 0 Å². The third-order valence-electron chi connectivity index (χ3n) is 2.52. The molecule has 0 aliphatic heterocycles. The smallest absolute Gasteiger partial charge is 0.143 e. The largest absolute Gasteiger partial charge is 0.369 e. The molecule has 0 saturated heterocycles. The van der Waals surface area contributed by atoms with Gasteiger partial charge in [-0.1, -0.05) is 0 Å². The summed E-state index contributed by atoms with van der Waals surface area (Å²) in [5, 5.41) is 12.1. The summed E-state index contributed by atoms with van der Waals surface area (Å²) >= 11 is 3.47. The highest BCUT2D eigenvalue weighted by molar-refractivity contribution is 9.10. The number of pyridine rings is 1. The first kappa shape index (κ1) is 12.6. The van der Waals surface area contributed by atoms with Crippen LogP contribution in [0.1, 0.15) is 11.3 Å². The van der Waals surface area contributed by atoms with Crippen LogP contribution < -0.4 is 5.32 Å². The number of anilines is 1. The third-order valence-corrected chi connectivity index (χ3v) is 3.53. The van der Waals surface area contributed by atoms with E-state index in [4.69, 9.17) is 5.26 Å². The van der Waals surface area contributed by atoms with Crippen molar-refractivity contribution in [3.8, 4) is 6.07 Å². The summed E-state index contributed by atoms with van der Waals surface area (Å²) in [5.74, 6) is 0.618. The monoisotopic (exact) mass is 305 g/mol. The van der Waals surface area contributed by atoms with E-state index in [1.54, 1.807) is 24.7 Å². The molecule has 2 heterocycles. The second-order valence-corrected chi connectivity index (χ2v) is 4.53. The van der Waals surface area contributed by atoms with Gasteiger partial charge in [0.15, 0.2) is 0 Å². The Morgan fingerprint density at radius 1 is 1.50 bits per heavy atom. The zero-order valence-electron chi connectivity index (χ0n) is 9.89. The van der Waals surface area contributed by atoms with Gasteiger partial charge in [-0.2, -0.15) is 5.26 Å². The Morgan fingerprint density at radius 3 is 3.00 bits per heavy atom. The molecule has 5 nitrogen and oxygen atoms in total. The number of nitrogens with one attached hydrogen (secondary N) is 1. The molecule has 92 valence electrons. The van der Waals surface area contributed by atoms with E-state index in [1.165, 1.54) is 0 Å². The van der Waals surface area contributed by atoms with Crippen LogP contribution in [0.5, 0.6) is 0 Å². The van der Waals surface area contributed by atoms with Crippen LogP contribution in [0.2, 0.25) is 0 Å². The third kappa shape index (κ3) is 2.68. The van der Waals surface area contributed by atoms with Crippen LogP contribution in [0.3, 0.4) is 0 Å². The molecule has 0 atom stereocenters. The van der Waals surface area contributed by atoms with Crippen molar-refractivity contribution in [1.29, 1.82) is 5.26 Å². The molecule has 0 amide bonds. The lowest BCUT2D eigenvalue weighted by molar-refractivity contribution is 0.883. The van der Waals surface area contributed by atoms with Crippen LogP contribution >= 0.6 is 15.9 Å². The van der Waals surface area contributed by atoms with E-state index >= 15 is 0 Å². The van der Waals surface area contributed by atoms with Crippen LogP contribution in [0, 0.1) is 11.3 Å². The SMILES string of the molecule is Cn1cnc(CCNc2ncccc2C#N)c1Br. The number of aryl methyl sites for hydroxylation is 1. The van der Waals surface area contributed by atoms with Gasteiger partial charge in [0.2, 0.25) is 0 Å². The lowest BCUT2D eigenvalue weighted by atomic mass is 10.2. The molecule has 1 N–H and O–H groups in total. The van der Waals surface area contributed by atoms with Crippen molar-refractivity contribution >= 4 is 21.7 Å². The van der Waals surface area contributed by atoms with Crippen LogP contribution in [0.25, 0.3) is 0 Å². The Hall–Kier alpha value is -1.87. The Balaban J connectivity index is 1.97. The molecule has 0 radical (unpaired) electrons.